The highest BCUT2D eigenvalue weighted by Gasteiger charge is 2.35. The molecule has 0 bridgehead atoms. The summed E-state index contributed by atoms with van der Waals surface area (Å²) in [4.78, 5) is 26.6. The van der Waals surface area contributed by atoms with E-state index in [4.69, 9.17) is 21.7 Å². The molecule has 10 heteroatoms. The smallest absolute Gasteiger partial charge is 0.270 e. The molecule has 0 aromatic heterocycles. The number of carbonyl (C=O) groups is 2. The Morgan fingerprint density at radius 2 is 1.80 bits per heavy atom. The Morgan fingerprint density at radius 3 is 2.49 bits per heavy atom. The molecule has 1 aliphatic heterocycles. The highest BCUT2D eigenvalue weighted by Crippen LogP contribution is 2.38. The molecule has 2 amide bonds. The van der Waals surface area contributed by atoms with Crippen molar-refractivity contribution in [1.29, 1.82) is 0 Å². The topological polar surface area (TPSA) is 67.9 Å². The number of rotatable bonds is 6. The Kier molecular flexibility index (Phi) is 7.23. The lowest BCUT2D eigenvalue weighted by Gasteiger charge is -2.29. The number of hydrogen-bond acceptors (Lipinski definition) is 5. The van der Waals surface area contributed by atoms with Crippen LogP contribution in [-0.4, -0.2) is 24.0 Å². The van der Waals surface area contributed by atoms with E-state index >= 15 is 0 Å². The lowest BCUT2D eigenvalue weighted by molar-refractivity contribution is -0.122. The Bertz CT molecular complexity index is 1360. The summed E-state index contributed by atoms with van der Waals surface area (Å²) < 4.78 is 39.2. The standard InChI is InChI=1S/C25H17BrF2N2O4S/c1-33-21-12-15(11-18(26)22(21)34-13-14-6-8-16(27)9-7-14)10-17-23(31)29-25(35)30(24(17)32)20-5-3-2-4-19(20)28/h2-12H,13H2,1H3,(H,29,31,35)/b17-10+. The minimum absolute atomic E-state index is 0.0725. The first-order valence-corrected chi connectivity index (χ1v) is 11.4. The van der Waals surface area contributed by atoms with Gasteiger partial charge >= 0.3 is 0 Å². The maximum absolute atomic E-state index is 14.3. The summed E-state index contributed by atoms with van der Waals surface area (Å²) >= 11 is 8.53. The first kappa shape index (κ1) is 24.5. The summed E-state index contributed by atoms with van der Waals surface area (Å²) in [6, 6.07) is 14.7. The van der Waals surface area contributed by atoms with E-state index in [1.165, 1.54) is 43.5 Å². The number of thiocarbonyl (C=S) groups is 1. The fourth-order valence-corrected chi connectivity index (χ4v) is 4.22. The summed E-state index contributed by atoms with van der Waals surface area (Å²) in [5, 5.41) is 2.20. The van der Waals surface area contributed by atoms with Crippen LogP contribution in [0.5, 0.6) is 11.5 Å². The molecule has 1 saturated heterocycles. The molecule has 0 unspecified atom stereocenters. The average molecular weight is 559 g/mol. The summed E-state index contributed by atoms with van der Waals surface area (Å²) in [7, 11) is 1.44. The lowest BCUT2D eigenvalue weighted by atomic mass is 10.1. The van der Waals surface area contributed by atoms with Crippen molar-refractivity contribution >= 4 is 56.8 Å². The fraction of sp³-hybridized carbons (Fsp3) is 0.0800. The zero-order valence-electron chi connectivity index (χ0n) is 18.2. The number of halogens is 3. The number of ether oxygens (including phenoxy) is 2. The highest BCUT2D eigenvalue weighted by atomic mass is 79.9. The van der Waals surface area contributed by atoms with E-state index in [-0.39, 0.29) is 28.8 Å². The number of para-hydroxylation sites is 1. The van der Waals surface area contributed by atoms with Crippen molar-refractivity contribution in [3.05, 3.63) is 93.5 Å². The molecule has 6 nitrogen and oxygen atoms in total. The third-order valence-corrected chi connectivity index (χ3v) is 5.93. The van der Waals surface area contributed by atoms with Crippen LogP contribution >= 0.6 is 28.1 Å². The second kappa shape index (κ2) is 10.3. The van der Waals surface area contributed by atoms with Crippen molar-refractivity contribution < 1.29 is 27.8 Å². The monoisotopic (exact) mass is 558 g/mol. The van der Waals surface area contributed by atoms with E-state index in [0.29, 0.717) is 21.5 Å². The predicted octanol–water partition coefficient (Wildman–Crippen LogP) is 5.15. The van der Waals surface area contributed by atoms with Crippen LogP contribution in [0.2, 0.25) is 0 Å². The first-order valence-electron chi connectivity index (χ1n) is 10.2. The van der Waals surface area contributed by atoms with Gasteiger partial charge in [-0.1, -0.05) is 24.3 Å². The van der Waals surface area contributed by atoms with Crippen LogP contribution in [0.4, 0.5) is 14.5 Å². The SMILES string of the molecule is COc1cc(/C=C2\C(=O)NC(=S)N(c3ccccc3F)C2=O)cc(Br)c1OCc1ccc(F)cc1. The Labute approximate surface area is 213 Å². The molecule has 0 saturated carbocycles. The van der Waals surface area contributed by atoms with Crippen molar-refractivity contribution in [3.63, 3.8) is 0 Å². The van der Waals surface area contributed by atoms with Crippen LogP contribution in [0.15, 0.2) is 70.7 Å². The zero-order valence-corrected chi connectivity index (χ0v) is 20.6. The molecule has 4 rings (SSSR count). The third-order valence-electron chi connectivity index (χ3n) is 5.05. The van der Waals surface area contributed by atoms with E-state index in [1.807, 2.05) is 0 Å². The van der Waals surface area contributed by atoms with Crippen molar-refractivity contribution in [2.24, 2.45) is 0 Å². The van der Waals surface area contributed by atoms with Crippen LogP contribution in [0.25, 0.3) is 6.08 Å². The van der Waals surface area contributed by atoms with Gasteiger partial charge in [-0.15, -0.1) is 0 Å². The molecule has 1 fully saturated rings. The summed E-state index contributed by atoms with van der Waals surface area (Å²) in [6.45, 7) is 0.158. The van der Waals surface area contributed by atoms with E-state index < -0.39 is 17.6 Å². The number of amides is 2. The summed E-state index contributed by atoms with van der Waals surface area (Å²) in [5.74, 6) is -1.77. The maximum atomic E-state index is 14.3. The maximum Gasteiger partial charge on any atom is 0.270 e. The second-order valence-corrected chi connectivity index (χ2v) is 8.60. The molecule has 0 aliphatic carbocycles. The minimum Gasteiger partial charge on any atom is -0.493 e. The minimum atomic E-state index is -0.768. The Balaban J connectivity index is 1.64. The van der Waals surface area contributed by atoms with Gasteiger partial charge < -0.3 is 9.47 Å². The van der Waals surface area contributed by atoms with Crippen LogP contribution in [-0.2, 0) is 16.2 Å². The second-order valence-electron chi connectivity index (χ2n) is 7.36. The molecular formula is C25H17BrF2N2O4S. The first-order chi connectivity index (χ1) is 16.8. The molecular weight excluding hydrogens is 542 g/mol. The number of nitrogens with one attached hydrogen (secondary N) is 1. The van der Waals surface area contributed by atoms with E-state index in [1.54, 1.807) is 30.3 Å². The van der Waals surface area contributed by atoms with E-state index in [9.17, 15) is 18.4 Å². The van der Waals surface area contributed by atoms with Crippen LogP contribution in [0, 0.1) is 11.6 Å². The molecule has 0 radical (unpaired) electrons. The van der Waals surface area contributed by atoms with Gasteiger partial charge in [-0.25, -0.2) is 13.7 Å². The number of methoxy groups -OCH3 is 1. The van der Waals surface area contributed by atoms with Gasteiger partial charge in [0.25, 0.3) is 11.8 Å². The van der Waals surface area contributed by atoms with Gasteiger partial charge in [0.1, 0.15) is 23.8 Å². The number of benzene rings is 3. The molecule has 1 heterocycles. The molecule has 1 N–H and O–H groups in total. The Morgan fingerprint density at radius 1 is 1.09 bits per heavy atom. The van der Waals surface area contributed by atoms with Crippen LogP contribution in [0.3, 0.4) is 0 Å². The molecule has 0 atom stereocenters. The summed E-state index contributed by atoms with van der Waals surface area (Å²) in [5.41, 5.74) is 0.885. The largest absolute Gasteiger partial charge is 0.493 e. The van der Waals surface area contributed by atoms with Crippen LogP contribution < -0.4 is 19.7 Å². The molecule has 0 spiro atoms. The number of carbonyl (C=O) groups excluding carboxylic acids is 2. The van der Waals surface area contributed by atoms with Gasteiger partial charge in [0.2, 0.25) is 0 Å². The molecule has 3 aromatic rings. The van der Waals surface area contributed by atoms with Gasteiger partial charge in [-0.05, 0) is 81.7 Å². The average Bonchev–Trinajstić information content (AvgIpc) is 2.83. The zero-order chi connectivity index (χ0) is 25.1. The molecule has 3 aromatic carbocycles. The number of anilines is 1. The van der Waals surface area contributed by atoms with Crippen molar-refractivity contribution in [2.45, 2.75) is 6.61 Å². The molecule has 178 valence electrons. The Hall–Kier alpha value is -3.63. The molecule has 35 heavy (non-hydrogen) atoms. The fourth-order valence-electron chi connectivity index (χ4n) is 3.38. The van der Waals surface area contributed by atoms with Crippen molar-refractivity contribution in [3.8, 4) is 11.5 Å². The van der Waals surface area contributed by atoms with Gasteiger partial charge in [0, 0.05) is 0 Å². The van der Waals surface area contributed by atoms with E-state index in [0.717, 1.165) is 10.5 Å². The normalized spacial score (nSPS) is 14.8. The highest BCUT2D eigenvalue weighted by molar-refractivity contribution is 9.10. The summed E-state index contributed by atoms with van der Waals surface area (Å²) in [6.07, 6.45) is 1.35. The van der Waals surface area contributed by atoms with Gasteiger partial charge in [0.05, 0.1) is 17.3 Å². The lowest BCUT2D eigenvalue weighted by Crippen LogP contribution is -2.54. The quantitative estimate of drug-likeness (QED) is 0.257. The molecule has 1 aliphatic rings. The number of hydrogen-bond donors (Lipinski definition) is 1. The van der Waals surface area contributed by atoms with Gasteiger partial charge in [-0.2, -0.15) is 0 Å². The third kappa shape index (κ3) is 5.23. The van der Waals surface area contributed by atoms with Gasteiger partial charge in [-0.3, -0.25) is 14.9 Å². The van der Waals surface area contributed by atoms with E-state index in [2.05, 4.69) is 21.2 Å². The number of nitrogens with zero attached hydrogens (tertiary/aromatic N) is 1. The van der Waals surface area contributed by atoms with Crippen LogP contribution in [0.1, 0.15) is 11.1 Å². The van der Waals surface area contributed by atoms with Gasteiger partial charge in [0.15, 0.2) is 16.6 Å². The van der Waals surface area contributed by atoms with Crippen molar-refractivity contribution in [2.75, 3.05) is 12.0 Å². The van der Waals surface area contributed by atoms with Crippen molar-refractivity contribution in [1.82, 2.24) is 5.32 Å². The predicted molar refractivity (Wildman–Crippen MR) is 134 cm³/mol.